The first-order chi connectivity index (χ1) is 9.91. The zero-order chi connectivity index (χ0) is 14.8. The van der Waals surface area contributed by atoms with Crippen LogP contribution in [0.15, 0.2) is 0 Å². The summed E-state index contributed by atoms with van der Waals surface area (Å²) in [5.41, 5.74) is -0.394. The van der Waals surface area contributed by atoms with E-state index in [0.29, 0.717) is 11.7 Å². The highest BCUT2D eigenvalue weighted by atomic mass is 16.3. The van der Waals surface area contributed by atoms with Crippen LogP contribution < -0.4 is 0 Å². The van der Waals surface area contributed by atoms with Gasteiger partial charge in [-0.15, -0.1) is 0 Å². The van der Waals surface area contributed by atoms with E-state index in [1.807, 2.05) is 6.92 Å². The molecule has 0 aromatic carbocycles. The van der Waals surface area contributed by atoms with Crippen molar-refractivity contribution in [3.8, 4) is 0 Å². The third-order valence-electron chi connectivity index (χ3n) is 7.95. The Hall–Kier alpha value is -0.370. The van der Waals surface area contributed by atoms with E-state index in [2.05, 4.69) is 6.92 Å². The summed E-state index contributed by atoms with van der Waals surface area (Å²) >= 11 is 0. The molecule has 0 bridgehead atoms. The Kier molecular flexibility index (Phi) is 3.10. The van der Waals surface area contributed by atoms with Gasteiger partial charge in [-0.05, 0) is 87.9 Å². The fourth-order valence-corrected chi connectivity index (χ4v) is 6.85. The number of carbonyl (C=O) groups is 1. The van der Waals surface area contributed by atoms with Gasteiger partial charge < -0.3 is 5.11 Å². The highest BCUT2D eigenvalue weighted by Crippen LogP contribution is 2.61. The van der Waals surface area contributed by atoms with Crippen molar-refractivity contribution >= 4 is 5.78 Å². The summed E-state index contributed by atoms with van der Waals surface area (Å²) < 4.78 is 0. The van der Waals surface area contributed by atoms with Gasteiger partial charge in [-0.3, -0.25) is 4.79 Å². The van der Waals surface area contributed by atoms with Gasteiger partial charge in [0.15, 0.2) is 0 Å². The maximum atomic E-state index is 12.3. The predicted octanol–water partition coefficient (Wildman–Crippen LogP) is 3.96. The molecule has 118 valence electrons. The fourth-order valence-electron chi connectivity index (χ4n) is 6.85. The van der Waals surface area contributed by atoms with Crippen molar-refractivity contribution in [2.24, 2.45) is 35.0 Å². The Balaban J connectivity index is 1.57. The molecule has 0 unspecified atom stereocenters. The lowest BCUT2D eigenvalue weighted by molar-refractivity contribution is -0.134. The second-order valence-electron chi connectivity index (χ2n) is 9.09. The second kappa shape index (κ2) is 4.57. The molecular formula is C19H30O2. The molecule has 0 heterocycles. The average Bonchev–Trinajstić information content (AvgIpc) is 2.73. The van der Waals surface area contributed by atoms with Gasteiger partial charge in [0.1, 0.15) is 5.78 Å². The second-order valence-corrected chi connectivity index (χ2v) is 9.09. The van der Waals surface area contributed by atoms with Crippen LogP contribution in [0, 0.1) is 35.0 Å². The number of fused-ring (bicyclic) bond motifs is 5. The quantitative estimate of drug-likeness (QED) is 0.733. The summed E-state index contributed by atoms with van der Waals surface area (Å²) in [7, 11) is 0. The number of hydrogen-bond donors (Lipinski definition) is 1. The molecule has 4 aliphatic rings. The van der Waals surface area contributed by atoms with Crippen LogP contribution in [0.1, 0.15) is 71.6 Å². The number of carbonyl (C=O) groups excluding carboxylic acids is 1. The zero-order valence-corrected chi connectivity index (χ0v) is 13.6. The molecule has 7 atom stereocenters. The molecule has 0 aliphatic heterocycles. The first-order valence-corrected chi connectivity index (χ1v) is 9.16. The summed E-state index contributed by atoms with van der Waals surface area (Å²) in [4.78, 5) is 12.3. The van der Waals surface area contributed by atoms with E-state index in [9.17, 15) is 9.90 Å². The Morgan fingerprint density at radius 1 is 0.952 bits per heavy atom. The van der Waals surface area contributed by atoms with Crippen LogP contribution >= 0.6 is 0 Å². The van der Waals surface area contributed by atoms with Crippen molar-refractivity contribution in [3.05, 3.63) is 0 Å². The topological polar surface area (TPSA) is 37.3 Å². The Morgan fingerprint density at radius 3 is 2.52 bits per heavy atom. The number of hydrogen-bond acceptors (Lipinski definition) is 2. The average molecular weight is 290 g/mol. The summed E-state index contributed by atoms with van der Waals surface area (Å²) in [6, 6.07) is 0. The van der Waals surface area contributed by atoms with E-state index in [4.69, 9.17) is 0 Å². The highest BCUT2D eigenvalue weighted by molar-refractivity contribution is 5.87. The lowest BCUT2D eigenvalue weighted by Gasteiger charge is -2.55. The molecule has 0 radical (unpaired) electrons. The van der Waals surface area contributed by atoms with Gasteiger partial charge in [0.2, 0.25) is 0 Å². The third-order valence-corrected chi connectivity index (χ3v) is 7.95. The van der Waals surface area contributed by atoms with Crippen molar-refractivity contribution in [3.63, 3.8) is 0 Å². The molecule has 21 heavy (non-hydrogen) atoms. The van der Waals surface area contributed by atoms with Gasteiger partial charge in [-0.2, -0.15) is 0 Å². The molecule has 4 saturated carbocycles. The highest BCUT2D eigenvalue weighted by Gasteiger charge is 2.57. The van der Waals surface area contributed by atoms with Crippen molar-refractivity contribution in [2.75, 3.05) is 0 Å². The van der Waals surface area contributed by atoms with Gasteiger partial charge in [0, 0.05) is 11.8 Å². The summed E-state index contributed by atoms with van der Waals surface area (Å²) in [5.74, 6) is 4.47. The van der Waals surface area contributed by atoms with E-state index in [0.717, 1.165) is 55.8 Å². The van der Waals surface area contributed by atoms with Crippen molar-refractivity contribution in [1.82, 2.24) is 0 Å². The molecule has 4 aliphatic carbocycles. The number of rotatable bonds is 0. The number of ketones is 1. The molecule has 2 nitrogen and oxygen atoms in total. The lowest BCUT2D eigenvalue weighted by Crippen LogP contribution is -2.50. The minimum atomic E-state index is -0.416. The minimum Gasteiger partial charge on any atom is -0.390 e. The van der Waals surface area contributed by atoms with Crippen LogP contribution in [-0.2, 0) is 4.79 Å². The first kappa shape index (κ1) is 14.2. The molecule has 0 amide bonds. The standard InChI is InChI=1S/C19H30O2/c1-18(21)9-7-13-12(11-18)3-4-15-14(13)8-10-19(2)16(15)5-6-17(19)20/h12-16,21H,3-11H2,1-2H3/t12-,13+,14-,15+,16-,18+,19-/m0/s1. The smallest absolute Gasteiger partial charge is 0.139 e. The molecule has 2 heteroatoms. The van der Waals surface area contributed by atoms with Crippen LogP contribution in [0.3, 0.4) is 0 Å². The van der Waals surface area contributed by atoms with E-state index < -0.39 is 5.60 Å². The van der Waals surface area contributed by atoms with E-state index in [1.165, 1.54) is 25.7 Å². The maximum Gasteiger partial charge on any atom is 0.139 e. The largest absolute Gasteiger partial charge is 0.390 e. The van der Waals surface area contributed by atoms with E-state index in [-0.39, 0.29) is 5.41 Å². The van der Waals surface area contributed by atoms with E-state index >= 15 is 0 Å². The molecular weight excluding hydrogens is 260 g/mol. The molecule has 4 fully saturated rings. The van der Waals surface area contributed by atoms with Gasteiger partial charge in [-0.1, -0.05) is 6.92 Å². The SMILES string of the molecule is C[C@@]1(O)CC[C@@H]2[C@@H](CC[C@@H]3[C@H]2CC[C@]2(C)C(=O)CC[C@@H]32)C1. The Bertz CT molecular complexity index is 454. The summed E-state index contributed by atoms with van der Waals surface area (Å²) in [5, 5.41) is 10.4. The van der Waals surface area contributed by atoms with Gasteiger partial charge >= 0.3 is 0 Å². The first-order valence-electron chi connectivity index (χ1n) is 9.16. The van der Waals surface area contributed by atoms with Crippen molar-refractivity contribution in [1.29, 1.82) is 0 Å². The third kappa shape index (κ3) is 2.04. The van der Waals surface area contributed by atoms with Gasteiger partial charge in [-0.25, -0.2) is 0 Å². The van der Waals surface area contributed by atoms with Crippen LogP contribution in [0.25, 0.3) is 0 Å². The fraction of sp³-hybridized carbons (Fsp3) is 0.947. The Morgan fingerprint density at radius 2 is 1.71 bits per heavy atom. The van der Waals surface area contributed by atoms with Gasteiger partial charge in [0.25, 0.3) is 0 Å². The molecule has 0 saturated heterocycles. The van der Waals surface area contributed by atoms with Gasteiger partial charge in [0.05, 0.1) is 5.60 Å². The maximum absolute atomic E-state index is 12.3. The molecule has 4 rings (SSSR count). The predicted molar refractivity (Wildman–Crippen MR) is 82.7 cm³/mol. The van der Waals surface area contributed by atoms with Crippen molar-refractivity contribution < 1.29 is 9.90 Å². The van der Waals surface area contributed by atoms with Crippen molar-refractivity contribution in [2.45, 2.75) is 77.2 Å². The monoisotopic (exact) mass is 290 g/mol. The minimum absolute atomic E-state index is 0.0220. The van der Waals surface area contributed by atoms with E-state index in [1.54, 1.807) is 0 Å². The number of aliphatic hydroxyl groups is 1. The van der Waals surface area contributed by atoms with Crippen LogP contribution in [-0.4, -0.2) is 16.5 Å². The summed E-state index contributed by atoms with van der Waals surface area (Å²) in [6.07, 6.45) is 10.2. The molecule has 0 aromatic rings. The molecule has 0 aromatic heterocycles. The lowest BCUT2D eigenvalue weighted by atomic mass is 9.50. The zero-order valence-electron chi connectivity index (χ0n) is 13.6. The normalized spacial score (nSPS) is 56.5. The molecule has 1 N–H and O–H groups in total. The van der Waals surface area contributed by atoms with Crippen LogP contribution in [0.5, 0.6) is 0 Å². The summed E-state index contributed by atoms with van der Waals surface area (Å²) in [6.45, 7) is 4.30. The van der Waals surface area contributed by atoms with Crippen LogP contribution in [0.2, 0.25) is 0 Å². The van der Waals surface area contributed by atoms with Crippen LogP contribution in [0.4, 0.5) is 0 Å². The Labute approximate surface area is 128 Å². The molecule has 0 spiro atoms. The number of Topliss-reactive ketones (excluding diaryl/α,β-unsaturated/α-hetero) is 1.